The summed E-state index contributed by atoms with van der Waals surface area (Å²) < 4.78 is 24.6. The third-order valence-corrected chi connectivity index (χ3v) is 9.43. The van der Waals surface area contributed by atoms with Crippen LogP contribution in [0.15, 0.2) is 61.8 Å². The molecule has 0 radical (unpaired) electrons. The van der Waals surface area contributed by atoms with E-state index in [-0.39, 0.29) is 29.8 Å². The van der Waals surface area contributed by atoms with Crippen molar-refractivity contribution in [3.63, 3.8) is 0 Å². The number of ether oxygens (including phenoxy) is 5. The summed E-state index contributed by atoms with van der Waals surface area (Å²) in [6.45, 7) is 37.8. The van der Waals surface area contributed by atoms with Gasteiger partial charge in [0.15, 0.2) is 0 Å². The highest BCUT2D eigenvalue weighted by Crippen LogP contribution is 2.09. The predicted molar refractivity (Wildman–Crippen MR) is 268 cm³/mol. The van der Waals surface area contributed by atoms with Crippen molar-refractivity contribution >= 4 is 29.8 Å². The molecule has 0 unspecified atom stereocenters. The zero-order valence-electron chi connectivity index (χ0n) is 42.9. The first kappa shape index (κ1) is 69.1. The Morgan fingerprint density at radius 2 is 0.609 bits per heavy atom. The van der Waals surface area contributed by atoms with Crippen LogP contribution in [0.5, 0.6) is 0 Å². The van der Waals surface area contributed by atoms with Gasteiger partial charge in [-0.05, 0) is 52.4 Å². The number of unbranched alkanes of at least 4 members (excludes halogenated alkanes) is 18. The fourth-order valence-corrected chi connectivity index (χ4v) is 5.06. The van der Waals surface area contributed by atoms with E-state index in [9.17, 15) is 24.0 Å². The molecule has 0 N–H and O–H groups in total. The fraction of sp³-hybridized carbons (Fsp3) is 0.722. The second-order valence-electron chi connectivity index (χ2n) is 16.0. The van der Waals surface area contributed by atoms with E-state index in [4.69, 9.17) is 23.7 Å². The Balaban J connectivity index is -0.000000227. The molecule has 374 valence electrons. The van der Waals surface area contributed by atoms with E-state index in [1.807, 2.05) is 0 Å². The van der Waals surface area contributed by atoms with Crippen LogP contribution in [0, 0.1) is 5.92 Å². The second kappa shape index (κ2) is 57.1. The molecule has 0 bridgehead atoms. The molecule has 0 aromatic rings. The molecule has 10 heteroatoms. The molecule has 0 saturated heterocycles. The van der Waals surface area contributed by atoms with E-state index in [1.54, 1.807) is 20.8 Å². The number of rotatable bonds is 35. The SMILES string of the molecule is C=C(C)C(=O)OCC(CC)CC.C=C(C)C(=O)OCCCCCCC.C=C(C)C(=O)OCCCCCCCC.C=CC(=O)OCCCCCCC.C=CC(=O)OCCCCCCCC. The largest absolute Gasteiger partial charge is 0.463 e. The first-order valence-corrected chi connectivity index (χ1v) is 24.7. The van der Waals surface area contributed by atoms with Gasteiger partial charge in [-0.25, -0.2) is 24.0 Å². The number of carbonyl (C=O) groups is 5. The quantitative estimate of drug-likeness (QED) is 0.0262. The van der Waals surface area contributed by atoms with Crippen molar-refractivity contribution < 1.29 is 47.7 Å². The van der Waals surface area contributed by atoms with Crippen LogP contribution < -0.4 is 0 Å². The molecule has 0 heterocycles. The van der Waals surface area contributed by atoms with Crippen molar-refractivity contribution in [1.29, 1.82) is 0 Å². The summed E-state index contributed by atoms with van der Waals surface area (Å²) in [5.41, 5.74) is 1.44. The fourth-order valence-electron chi connectivity index (χ4n) is 5.06. The van der Waals surface area contributed by atoms with Crippen molar-refractivity contribution in [3.8, 4) is 0 Å². The summed E-state index contributed by atoms with van der Waals surface area (Å²) in [6.07, 6.45) is 30.8. The summed E-state index contributed by atoms with van der Waals surface area (Å²) in [7, 11) is 0. The van der Waals surface area contributed by atoms with Crippen LogP contribution in [0.25, 0.3) is 0 Å². The van der Waals surface area contributed by atoms with Crippen molar-refractivity contribution in [1.82, 2.24) is 0 Å². The lowest BCUT2D eigenvalue weighted by Gasteiger charge is -2.12. The van der Waals surface area contributed by atoms with E-state index >= 15 is 0 Å². The Morgan fingerprint density at radius 1 is 0.375 bits per heavy atom. The van der Waals surface area contributed by atoms with Gasteiger partial charge < -0.3 is 23.7 Å². The van der Waals surface area contributed by atoms with Crippen LogP contribution >= 0.6 is 0 Å². The molecule has 0 rings (SSSR count). The van der Waals surface area contributed by atoms with Gasteiger partial charge >= 0.3 is 29.8 Å². The van der Waals surface area contributed by atoms with E-state index in [2.05, 4.69) is 74.4 Å². The maximum Gasteiger partial charge on any atom is 0.333 e. The highest BCUT2D eigenvalue weighted by atomic mass is 16.5. The Hall–Kier alpha value is -3.95. The standard InChI is InChI=1S/C12H22O2.2C11H20O2.2C10H18O2/c1-4-5-6-7-8-9-10-14-12(13)11(2)3;1-4-5-6-7-8-9-13-11(12)10(2)3;1-3-5-6-7-8-9-10-13-11(12)4-2;1-5-9(6-2)7-12-10(11)8(3)4;1-3-5-6-7-8-9-12-10(11)4-2/h2,4-10H2,1,3H3;2,4-9H2,1,3H3;4H,2-3,5-10H2,1H3;9H,3,5-7H2,1-2,4H3;4H,2-3,5-9H2,1H3. The minimum atomic E-state index is -0.314. The molecule has 64 heavy (non-hydrogen) atoms. The molecule has 0 saturated carbocycles. The van der Waals surface area contributed by atoms with Gasteiger partial charge in [-0.15, -0.1) is 0 Å². The lowest BCUT2D eigenvalue weighted by Crippen LogP contribution is -2.13. The molecule has 0 amide bonds. The van der Waals surface area contributed by atoms with Gasteiger partial charge in [-0.3, -0.25) is 0 Å². The predicted octanol–water partition coefficient (Wildman–Crippen LogP) is 14.8. The monoisotopic (exact) mass is 907 g/mol. The molecule has 0 spiro atoms. The van der Waals surface area contributed by atoms with Crippen LogP contribution in [0.3, 0.4) is 0 Å². The minimum Gasteiger partial charge on any atom is -0.463 e. The van der Waals surface area contributed by atoms with Crippen LogP contribution in [-0.4, -0.2) is 62.9 Å². The summed E-state index contributed by atoms with van der Waals surface area (Å²) in [5.74, 6) is -0.941. The Morgan fingerprint density at radius 3 is 0.844 bits per heavy atom. The average Bonchev–Trinajstić information content (AvgIpc) is 3.28. The van der Waals surface area contributed by atoms with Crippen molar-refractivity contribution in [2.24, 2.45) is 5.92 Å². The Labute approximate surface area is 393 Å². The smallest absolute Gasteiger partial charge is 0.333 e. The molecule has 0 aliphatic carbocycles. The zero-order valence-corrected chi connectivity index (χ0v) is 42.9. The zero-order chi connectivity index (χ0) is 49.7. The number of hydrogen-bond acceptors (Lipinski definition) is 10. The highest BCUT2D eigenvalue weighted by molar-refractivity contribution is 5.87. The maximum atomic E-state index is 11.0. The summed E-state index contributed by atoms with van der Waals surface area (Å²) >= 11 is 0. The molecule has 0 atom stereocenters. The summed E-state index contributed by atoms with van der Waals surface area (Å²) in [6, 6.07) is 0. The molecule has 0 aromatic heterocycles. The lowest BCUT2D eigenvalue weighted by atomic mass is 10.1. The van der Waals surface area contributed by atoms with Crippen molar-refractivity contribution in [2.75, 3.05) is 33.0 Å². The molecular formula is C54H98O10. The number of esters is 5. The van der Waals surface area contributed by atoms with Gasteiger partial charge in [0, 0.05) is 28.9 Å². The van der Waals surface area contributed by atoms with Gasteiger partial charge in [0.05, 0.1) is 33.0 Å². The minimum absolute atomic E-state index is 0.265. The van der Waals surface area contributed by atoms with Crippen LogP contribution in [0.1, 0.15) is 216 Å². The summed E-state index contributed by atoms with van der Waals surface area (Å²) in [5, 5.41) is 0. The molecule has 10 nitrogen and oxygen atoms in total. The topological polar surface area (TPSA) is 132 Å². The second-order valence-corrected chi connectivity index (χ2v) is 16.0. The van der Waals surface area contributed by atoms with Gasteiger partial charge in [0.1, 0.15) is 0 Å². The van der Waals surface area contributed by atoms with E-state index < -0.39 is 0 Å². The lowest BCUT2D eigenvalue weighted by molar-refractivity contribution is -0.141. The molecule has 0 aliphatic heterocycles. The van der Waals surface area contributed by atoms with Gasteiger partial charge in [-0.1, -0.05) is 203 Å². The molecule has 0 fully saturated rings. The average molecular weight is 907 g/mol. The first-order chi connectivity index (χ1) is 30.6. The first-order valence-electron chi connectivity index (χ1n) is 24.7. The number of hydrogen-bond donors (Lipinski definition) is 0. The van der Waals surface area contributed by atoms with Crippen molar-refractivity contribution in [3.05, 3.63) is 61.8 Å². The third kappa shape index (κ3) is 62.3. The van der Waals surface area contributed by atoms with E-state index in [1.165, 1.54) is 102 Å². The van der Waals surface area contributed by atoms with Gasteiger partial charge in [-0.2, -0.15) is 0 Å². The molecular weight excluding hydrogens is 809 g/mol. The normalized spacial score (nSPS) is 9.72. The molecule has 0 aromatic carbocycles. The molecule has 0 aliphatic rings. The van der Waals surface area contributed by atoms with Crippen molar-refractivity contribution in [2.45, 2.75) is 216 Å². The third-order valence-electron chi connectivity index (χ3n) is 9.43. The Kier molecular flexibility index (Phi) is 61.6. The van der Waals surface area contributed by atoms with Crippen LogP contribution in [0.2, 0.25) is 0 Å². The number of carbonyl (C=O) groups excluding carboxylic acids is 5. The van der Waals surface area contributed by atoms with Gasteiger partial charge in [0.2, 0.25) is 0 Å². The van der Waals surface area contributed by atoms with Crippen LogP contribution in [-0.2, 0) is 47.7 Å². The van der Waals surface area contributed by atoms with E-state index in [0.29, 0.717) is 55.7 Å². The van der Waals surface area contributed by atoms with Gasteiger partial charge in [0.25, 0.3) is 0 Å². The maximum absolute atomic E-state index is 11.0. The van der Waals surface area contributed by atoms with E-state index in [0.717, 1.165) is 64.2 Å². The summed E-state index contributed by atoms with van der Waals surface area (Å²) in [4.78, 5) is 54.0. The highest BCUT2D eigenvalue weighted by Gasteiger charge is 2.08. The Bertz CT molecular complexity index is 1180. The van der Waals surface area contributed by atoms with Crippen LogP contribution in [0.4, 0.5) is 0 Å².